The summed E-state index contributed by atoms with van der Waals surface area (Å²) >= 11 is -1.79. The fourth-order valence-electron chi connectivity index (χ4n) is 0.677. The Balaban J connectivity index is 2.61. The van der Waals surface area contributed by atoms with E-state index >= 15 is 0 Å². The molecule has 1 fully saturated rings. The van der Waals surface area contributed by atoms with Crippen LogP contribution in [0.5, 0.6) is 0 Å². The van der Waals surface area contributed by atoms with Gasteiger partial charge in [-0.1, -0.05) is 11.8 Å². The van der Waals surface area contributed by atoms with Gasteiger partial charge < -0.3 is 0 Å². The maximum Gasteiger partial charge on any atom is 0.307 e. The Morgan fingerprint density at radius 2 is 1.73 bits per heavy atom. The Hall–Kier alpha value is -0.810. The van der Waals surface area contributed by atoms with Crippen molar-refractivity contribution in [3.8, 4) is 24.7 Å². The number of hydrogen-bond acceptors (Lipinski definition) is 3. The first-order chi connectivity index (χ1) is 5.26. The van der Waals surface area contributed by atoms with Gasteiger partial charge in [-0.05, 0) is 0 Å². The number of hydrogen-bond donors (Lipinski definition) is 0. The molecule has 0 amide bonds. The lowest BCUT2D eigenvalue weighted by atomic mass is 10.2. The molecule has 2 atom stereocenters. The van der Waals surface area contributed by atoms with Gasteiger partial charge in [0, 0.05) is 6.42 Å². The molecule has 0 aromatic carbocycles. The zero-order valence-corrected chi connectivity index (χ0v) is 6.47. The fraction of sp³-hybridized carbons (Fsp3) is 0.429. The Morgan fingerprint density at radius 1 is 1.27 bits per heavy atom. The molecule has 2 unspecified atom stereocenters. The summed E-state index contributed by atoms with van der Waals surface area (Å²) in [6.07, 6.45) is 9.51. The van der Waals surface area contributed by atoms with E-state index in [1.165, 1.54) is 0 Å². The Bertz CT molecular complexity index is 223. The highest BCUT2D eigenvalue weighted by atomic mass is 32.2. The average Bonchev–Trinajstić information content (AvgIpc) is 2.03. The second kappa shape index (κ2) is 3.54. The van der Waals surface area contributed by atoms with Gasteiger partial charge in [0.25, 0.3) is 0 Å². The molecule has 1 heterocycles. The van der Waals surface area contributed by atoms with Crippen molar-refractivity contribution in [1.29, 1.82) is 0 Å². The maximum atomic E-state index is 10.7. The second-order valence-electron chi connectivity index (χ2n) is 1.94. The lowest BCUT2D eigenvalue weighted by molar-refractivity contribution is 0.116. The van der Waals surface area contributed by atoms with E-state index in [-0.39, 0.29) is 0 Å². The predicted molar refractivity (Wildman–Crippen MR) is 40.2 cm³/mol. The van der Waals surface area contributed by atoms with Gasteiger partial charge in [0.15, 0.2) is 0 Å². The minimum Gasteiger partial charge on any atom is -0.252 e. The molecule has 11 heavy (non-hydrogen) atoms. The molecule has 0 radical (unpaired) electrons. The summed E-state index contributed by atoms with van der Waals surface area (Å²) in [4.78, 5) is 0. The van der Waals surface area contributed by atoms with E-state index in [1.54, 1.807) is 0 Å². The third kappa shape index (κ3) is 2.06. The lowest BCUT2D eigenvalue weighted by Crippen LogP contribution is -2.29. The minimum absolute atomic E-state index is 0.402. The molecule has 0 N–H and O–H groups in total. The van der Waals surface area contributed by atoms with Crippen molar-refractivity contribution in [2.24, 2.45) is 0 Å². The van der Waals surface area contributed by atoms with Gasteiger partial charge in [-0.15, -0.1) is 12.8 Å². The van der Waals surface area contributed by atoms with Crippen LogP contribution in [0.4, 0.5) is 0 Å². The van der Waals surface area contributed by atoms with Gasteiger partial charge >= 0.3 is 11.4 Å². The Kier molecular flexibility index (Phi) is 2.67. The van der Waals surface area contributed by atoms with Gasteiger partial charge in [0.05, 0.1) is 0 Å². The molecule has 0 aliphatic carbocycles. The molecule has 0 bridgehead atoms. The van der Waals surface area contributed by atoms with Crippen molar-refractivity contribution < 1.29 is 12.6 Å². The zero-order chi connectivity index (χ0) is 8.27. The van der Waals surface area contributed by atoms with Crippen LogP contribution in [0.15, 0.2) is 0 Å². The molecule has 3 nitrogen and oxygen atoms in total. The van der Waals surface area contributed by atoms with Crippen LogP contribution < -0.4 is 0 Å². The highest BCUT2D eigenvalue weighted by Gasteiger charge is 2.25. The summed E-state index contributed by atoms with van der Waals surface area (Å²) in [5.41, 5.74) is 0. The Labute approximate surface area is 67.9 Å². The maximum absolute atomic E-state index is 10.7. The van der Waals surface area contributed by atoms with Crippen molar-refractivity contribution in [1.82, 2.24) is 0 Å². The topological polar surface area (TPSA) is 35.5 Å². The van der Waals surface area contributed by atoms with Crippen LogP contribution in [0.2, 0.25) is 0 Å². The van der Waals surface area contributed by atoms with Gasteiger partial charge in [0.1, 0.15) is 12.2 Å². The summed E-state index contributed by atoms with van der Waals surface area (Å²) in [5.74, 6) is 4.62. The lowest BCUT2D eigenvalue weighted by Gasteiger charge is -2.20. The van der Waals surface area contributed by atoms with E-state index in [0.29, 0.717) is 6.42 Å². The first kappa shape index (κ1) is 8.29. The standard InChI is InChI=1S/C7H6O3S/c1-3-6-5-7(4-2)10-11(8)9-6/h1-2,6-7H,5H2. The molecule has 1 aliphatic heterocycles. The van der Waals surface area contributed by atoms with E-state index in [0.717, 1.165) is 0 Å². The third-order valence-corrected chi connectivity index (χ3v) is 1.97. The molecule has 0 saturated carbocycles. The normalized spacial score (nSPS) is 37.1. The second-order valence-corrected chi connectivity index (χ2v) is 2.74. The molecule has 58 valence electrons. The van der Waals surface area contributed by atoms with E-state index < -0.39 is 23.6 Å². The monoisotopic (exact) mass is 170 g/mol. The fourth-order valence-corrected chi connectivity index (χ4v) is 1.37. The number of rotatable bonds is 0. The minimum atomic E-state index is -1.79. The highest BCUT2D eigenvalue weighted by molar-refractivity contribution is 7.75. The molecule has 0 aromatic rings. The summed E-state index contributed by atoms with van der Waals surface area (Å²) in [6, 6.07) is 0. The SMILES string of the molecule is C#CC1CC(C#C)OS(=O)O1. The van der Waals surface area contributed by atoms with E-state index in [4.69, 9.17) is 12.8 Å². The Morgan fingerprint density at radius 3 is 2.09 bits per heavy atom. The zero-order valence-electron chi connectivity index (χ0n) is 5.65. The average molecular weight is 170 g/mol. The molecule has 0 spiro atoms. The van der Waals surface area contributed by atoms with Gasteiger partial charge in [-0.3, -0.25) is 8.37 Å². The molecule has 1 aliphatic rings. The van der Waals surface area contributed by atoms with Gasteiger partial charge in [-0.25, -0.2) is 0 Å². The van der Waals surface area contributed by atoms with Crippen molar-refractivity contribution in [3.05, 3.63) is 0 Å². The first-order valence-electron chi connectivity index (χ1n) is 2.94. The third-order valence-electron chi connectivity index (χ3n) is 1.19. The van der Waals surface area contributed by atoms with Crippen LogP contribution >= 0.6 is 0 Å². The van der Waals surface area contributed by atoms with Crippen LogP contribution in [0.1, 0.15) is 6.42 Å². The molecule has 4 heteroatoms. The molecule has 1 rings (SSSR count). The summed E-state index contributed by atoms with van der Waals surface area (Å²) in [6.45, 7) is 0. The van der Waals surface area contributed by atoms with Crippen molar-refractivity contribution in [2.75, 3.05) is 0 Å². The number of terminal acetylenes is 2. The van der Waals surface area contributed by atoms with Crippen molar-refractivity contribution in [2.45, 2.75) is 18.6 Å². The predicted octanol–water partition coefficient (Wildman–Crippen LogP) is 0.00560. The van der Waals surface area contributed by atoms with Crippen molar-refractivity contribution >= 4 is 11.4 Å². The summed E-state index contributed by atoms with van der Waals surface area (Å²) in [5, 5.41) is 0. The quantitative estimate of drug-likeness (QED) is 0.480. The molecular formula is C7H6O3S. The molecule has 1 saturated heterocycles. The molecule has 0 aromatic heterocycles. The van der Waals surface area contributed by atoms with Crippen LogP contribution in [-0.4, -0.2) is 16.4 Å². The smallest absolute Gasteiger partial charge is 0.252 e. The largest absolute Gasteiger partial charge is 0.307 e. The van der Waals surface area contributed by atoms with Gasteiger partial charge in [0.2, 0.25) is 0 Å². The van der Waals surface area contributed by atoms with Crippen LogP contribution in [0.3, 0.4) is 0 Å². The van der Waals surface area contributed by atoms with Crippen LogP contribution in [0, 0.1) is 24.7 Å². The molecular weight excluding hydrogens is 164 g/mol. The highest BCUT2D eigenvalue weighted by Crippen LogP contribution is 2.15. The van der Waals surface area contributed by atoms with E-state index in [2.05, 4.69) is 20.2 Å². The van der Waals surface area contributed by atoms with Gasteiger partial charge in [-0.2, -0.15) is 4.21 Å². The van der Waals surface area contributed by atoms with E-state index in [1.807, 2.05) is 0 Å². The first-order valence-corrected chi connectivity index (χ1v) is 3.94. The van der Waals surface area contributed by atoms with Crippen LogP contribution in [0.25, 0.3) is 0 Å². The van der Waals surface area contributed by atoms with Crippen LogP contribution in [-0.2, 0) is 19.7 Å². The van der Waals surface area contributed by atoms with Crippen molar-refractivity contribution in [3.63, 3.8) is 0 Å². The van der Waals surface area contributed by atoms with E-state index in [9.17, 15) is 4.21 Å². The summed E-state index contributed by atoms with van der Waals surface area (Å²) < 4.78 is 20.0. The summed E-state index contributed by atoms with van der Waals surface area (Å²) in [7, 11) is 0.